The zero-order valence-corrected chi connectivity index (χ0v) is 15.9. The minimum absolute atomic E-state index is 0.0360. The summed E-state index contributed by atoms with van der Waals surface area (Å²) in [4.78, 5) is 19.9. The summed E-state index contributed by atoms with van der Waals surface area (Å²) in [6.45, 7) is 4.51. The number of nitrogens with two attached hydrogens (primary N) is 1. The Bertz CT molecular complexity index is 921. The average molecular weight is 380 g/mol. The third-order valence-electron chi connectivity index (χ3n) is 5.34. The molecule has 1 saturated carbocycles. The molecule has 1 heterocycles. The van der Waals surface area contributed by atoms with E-state index in [-0.39, 0.29) is 17.6 Å². The number of aromatic nitrogens is 2. The molecular formula is C20H24N6O2. The summed E-state index contributed by atoms with van der Waals surface area (Å²) >= 11 is 0. The fraction of sp³-hybridized carbons (Fsp3) is 0.400. The van der Waals surface area contributed by atoms with E-state index in [9.17, 15) is 15.2 Å². The Labute approximate surface area is 163 Å². The predicted octanol–water partition coefficient (Wildman–Crippen LogP) is 1.67. The molecular weight excluding hydrogens is 356 g/mol. The van der Waals surface area contributed by atoms with Crippen molar-refractivity contribution in [1.82, 2.24) is 9.97 Å². The number of nitrogens with zero attached hydrogens (tertiary/aromatic N) is 3. The number of nitriles is 1. The smallest absolute Gasteiger partial charge is 0.248 e. The number of amides is 1. The van der Waals surface area contributed by atoms with E-state index in [0.717, 1.165) is 5.56 Å². The van der Waals surface area contributed by atoms with Gasteiger partial charge in [0, 0.05) is 23.6 Å². The summed E-state index contributed by atoms with van der Waals surface area (Å²) < 4.78 is 0. The van der Waals surface area contributed by atoms with Crippen molar-refractivity contribution in [3.63, 3.8) is 0 Å². The molecule has 3 rings (SSSR count). The summed E-state index contributed by atoms with van der Waals surface area (Å²) in [6.07, 6.45) is 2.38. The van der Waals surface area contributed by atoms with E-state index in [1.807, 2.05) is 19.9 Å². The molecule has 8 nitrogen and oxygen atoms in total. The molecule has 1 amide bonds. The van der Waals surface area contributed by atoms with Crippen molar-refractivity contribution >= 4 is 17.7 Å². The second kappa shape index (κ2) is 7.82. The van der Waals surface area contributed by atoms with Crippen molar-refractivity contribution in [2.45, 2.75) is 38.8 Å². The molecule has 0 radical (unpaired) electrons. The number of rotatable bonds is 7. The third-order valence-corrected chi connectivity index (χ3v) is 5.34. The second-order valence-corrected chi connectivity index (χ2v) is 7.58. The molecule has 1 fully saturated rings. The first-order valence-corrected chi connectivity index (χ1v) is 9.15. The average Bonchev–Trinajstić information content (AvgIpc) is 2.68. The summed E-state index contributed by atoms with van der Waals surface area (Å²) in [5.74, 6) is 0.413. The van der Waals surface area contributed by atoms with Crippen molar-refractivity contribution < 1.29 is 9.90 Å². The highest BCUT2D eigenvalue weighted by atomic mass is 16.3. The SMILES string of the molecule is CC1(C)C(O)C[C@H]1Nc1nc(NCCc2cccc(C(N)=O)c2)ncc1C#N. The molecule has 0 spiro atoms. The fourth-order valence-corrected chi connectivity index (χ4v) is 3.17. The Kier molecular flexibility index (Phi) is 5.47. The zero-order valence-electron chi connectivity index (χ0n) is 15.9. The van der Waals surface area contributed by atoms with Crippen LogP contribution in [0.2, 0.25) is 0 Å². The quantitative estimate of drug-likeness (QED) is 0.573. The van der Waals surface area contributed by atoms with Crippen LogP contribution in [0.5, 0.6) is 0 Å². The van der Waals surface area contributed by atoms with E-state index >= 15 is 0 Å². The summed E-state index contributed by atoms with van der Waals surface area (Å²) in [7, 11) is 0. The summed E-state index contributed by atoms with van der Waals surface area (Å²) in [5.41, 5.74) is 6.83. The van der Waals surface area contributed by atoms with Gasteiger partial charge in [-0.2, -0.15) is 10.2 Å². The van der Waals surface area contributed by atoms with Gasteiger partial charge < -0.3 is 21.5 Å². The van der Waals surface area contributed by atoms with Crippen LogP contribution in [0.4, 0.5) is 11.8 Å². The fourth-order valence-electron chi connectivity index (χ4n) is 3.17. The number of hydrogen-bond acceptors (Lipinski definition) is 7. The Morgan fingerprint density at radius 2 is 2.25 bits per heavy atom. The van der Waals surface area contributed by atoms with Crippen molar-refractivity contribution in [3.8, 4) is 6.07 Å². The van der Waals surface area contributed by atoms with Gasteiger partial charge in [0.05, 0.1) is 12.3 Å². The number of primary amides is 1. The van der Waals surface area contributed by atoms with Gasteiger partial charge in [-0.15, -0.1) is 0 Å². The lowest BCUT2D eigenvalue weighted by atomic mass is 9.64. The largest absolute Gasteiger partial charge is 0.392 e. The molecule has 2 aromatic rings. The second-order valence-electron chi connectivity index (χ2n) is 7.58. The van der Waals surface area contributed by atoms with Gasteiger partial charge in [0.2, 0.25) is 11.9 Å². The number of aliphatic hydroxyl groups excluding tert-OH is 1. The van der Waals surface area contributed by atoms with Crippen molar-refractivity contribution in [1.29, 1.82) is 5.26 Å². The van der Waals surface area contributed by atoms with Crippen molar-refractivity contribution in [2.24, 2.45) is 11.1 Å². The number of nitrogens with one attached hydrogen (secondary N) is 2. The lowest BCUT2D eigenvalue weighted by Crippen LogP contribution is -2.57. The van der Waals surface area contributed by atoms with Crippen LogP contribution in [-0.2, 0) is 6.42 Å². The summed E-state index contributed by atoms with van der Waals surface area (Å²) in [5, 5.41) is 25.6. The van der Waals surface area contributed by atoms with Crippen LogP contribution in [0, 0.1) is 16.7 Å². The monoisotopic (exact) mass is 380 g/mol. The van der Waals surface area contributed by atoms with E-state index < -0.39 is 5.91 Å². The van der Waals surface area contributed by atoms with Gasteiger partial charge in [-0.25, -0.2) is 4.98 Å². The van der Waals surface area contributed by atoms with Crippen LogP contribution < -0.4 is 16.4 Å². The molecule has 1 aliphatic carbocycles. The van der Waals surface area contributed by atoms with E-state index in [0.29, 0.717) is 42.3 Å². The molecule has 1 aromatic heterocycles. The maximum atomic E-state index is 11.3. The number of hydrogen-bond donors (Lipinski definition) is 4. The van der Waals surface area contributed by atoms with Crippen LogP contribution in [0.3, 0.4) is 0 Å². The van der Waals surface area contributed by atoms with Crippen LogP contribution in [0.25, 0.3) is 0 Å². The first-order valence-electron chi connectivity index (χ1n) is 9.15. The molecule has 2 atom stereocenters. The molecule has 0 saturated heterocycles. The lowest BCUT2D eigenvalue weighted by molar-refractivity contribution is -0.0511. The van der Waals surface area contributed by atoms with E-state index in [2.05, 4.69) is 26.7 Å². The first kappa shape index (κ1) is 19.6. The number of carbonyl (C=O) groups is 1. The van der Waals surface area contributed by atoms with E-state index in [1.165, 1.54) is 6.20 Å². The van der Waals surface area contributed by atoms with E-state index in [1.54, 1.807) is 18.2 Å². The van der Waals surface area contributed by atoms with Crippen LogP contribution in [0.15, 0.2) is 30.5 Å². The molecule has 8 heteroatoms. The predicted molar refractivity (Wildman–Crippen MR) is 106 cm³/mol. The minimum atomic E-state index is -0.454. The normalized spacial score (nSPS) is 19.9. The Morgan fingerprint density at radius 1 is 1.46 bits per heavy atom. The third kappa shape index (κ3) is 4.05. The van der Waals surface area contributed by atoms with Gasteiger partial charge >= 0.3 is 0 Å². The Morgan fingerprint density at radius 3 is 2.89 bits per heavy atom. The van der Waals surface area contributed by atoms with Gasteiger partial charge in [-0.05, 0) is 30.5 Å². The van der Waals surface area contributed by atoms with Crippen LogP contribution in [0.1, 0.15) is 41.8 Å². The number of anilines is 2. The van der Waals surface area contributed by atoms with Crippen LogP contribution >= 0.6 is 0 Å². The maximum Gasteiger partial charge on any atom is 0.248 e. The van der Waals surface area contributed by atoms with Gasteiger partial charge in [0.15, 0.2) is 0 Å². The highest BCUT2D eigenvalue weighted by Crippen LogP contribution is 2.42. The topological polar surface area (TPSA) is 137 Å². The molecule has 0 aliphatic heterocycles. The van der Waals surface area contributed by atoms with Gasteiger partial charge in [-0.1, -0.05) is 26.0 Å². The molecule has 5 N–H and O–H groups in total. The molecule has 0 bridgehead atoms. The van der Waals surface area contributed by atoms with Gasteiger partial charge in [0.25, 0.3) is 0 Å². The van der Waals surface area contributed by atoms with Crippen LogP contribution in [-0.4, -0.2) is 39.7 Å². The van der Waals surface area contributed by atoms with Crippen molar-refractivity contribution in [2.75, 3.05) is 17.2 Å². The number of aliphatic hydroxyl groups is 1. The van der Waals surface area contributed by atoms with Crippen molar-refractivity contribution in [3.05, 3.63) is 47.2 Å². The number of benzene rings is 1. The standard InChI is InChI=1S/C20H24N6O2/c1-20(2)15(9-16(20)27)25-18-14(10-21)11-24-19(26-18)23-7-6-12-4-3-5-13(8-12)17(22)28/h3-5,8,11,15-16,27H,6-7,9H2,1-2H3,(H2,22,28)(H2,23,24,25,26)/t15-,16?/m1/s1. The Balaban J connectivity index is 1.64. The molecule has 1 aliphatic rings. The maximum absolute atomic E-state index is 11.3. The highest BCUT2D eigenvalue weighted by molar-refractivity contribution is 5.92. The molecule has 146 valence electrons. The lowest BCUT2D eigenvalue weighted by Gasteiger charge is -2.49. The number of carbonyl (C=O) groups excluding carboxylic acids is 1. The molecule has 28 heavy (non-hydrogen) atoms. The molecule has 1 aromatic carbocycles. The first-order chi connectivity index (χ1) is 13.3. The summed E-state index contributed by atoms with van der Waals surface area (Å²) in [6, 6.07) is 9.29. The minimum Gasteiger partial charge on any atom is -0.392 e. The Hall–Kier alpha value is -3.18. The zero-order chi connectivity index (χ0) is 20.3. The highest BCUT2D eigenvalue weighted by Gasteiger charge is 2.47. The van der Waals surface area contributed by atoms with Gasteiger partial charge in [-0.3, -0.25) is 4.79 Å². The van der Waals surface area contributed by atoms with Gasteiger partial charge in [0.1, 0.15) is 17.5 Å². The van der Waals surface area contributed by atoms with E-state index in [4.69, 9.17) is 5.73 Å². The molecule has 1 unspecified atom stereocenters.